The molecule has 0 bridgehead atoms. The van der Waals surface area contributed by atoms with Crippen molar-refractivity contribution in [3.05, 3.63) is 29.8 Å². The van der Waals surface area contributed by atoms with E-state index in [1.807, 2.05) is 7.05 Å². The number of sulfone groups is 1. The molecule has 0 unspecified atom stereocenters. The summed E-state index contributed by atoms with van der Waals surface area (Å²) in [6.07, 6.45) is 3.08. The van der Waals surface area contributed by atoms with Gasteiger partial charge in [0.2, 0.25) is 0 Å². The number of rotatable bonds is 6. The number of likely N-dealkylation sites (tertiary alicyclic amines) is 1. The third-order valence-electron chi connectivity index (χ3n) is 4.75. The molecular weight excluding hydrogens is 324 g/mol. The smallest absolute Gasteiger partial charge is 0.255 e. The molecule has 1 aliphatic heterocycles. The lowest BCUT2D eigenvalue weighted by Crippen LogP contribution is -2.39. The first-order valence-corrected chi connectivity index (χ1v) is 10.2. The Morgan fingerprint density at radius 1 is 1.25 bits per heavy atom. The van der Waals surface area contributed by atoms with Crippen molar-refractivity contribution < 1.29 is 13.2 Å². The van der Waals surface area contributed by atoms with Crippen molar-refractivity contribution in [2.24, 2.45) is 5.92 Å². The zero-order chi connectivity index (χ0) is 17.7. The molecule has 1 N–H and O–H groups in total. The lowest BCUT2D eigenvalue weighted by atomic mass is 9.93. The Bertz CT molecular complexity index is 663. The van der Waals surface area contributed by atoms with Crippen LogP contribution in [-0.4, -0.2) is 51.2 Å². The van der Waals surface area contributed by atoms with Gasteiger partial charge in [0.15, 0.2) is 9.84 Å². The van der Waals surface area contributed by atoms with Crippen molar-refractivity contribution in [1.82, 2.24) is 10.2 Å². The van der Waals surface area contributed by atoms with Crippen LogP contribution in [0.4, 0.5) is 0 Å². The highest BCUT2D eigenvalue weighted by molar-refractivity contribution is 7.92. The lowest BCUT2D eigenvalue weighted by Gasteiger charge is -2.32. The normalized spacial score (nSPS) is 16.6. The van der Waals surface area contributed by atoms with Crippen LogP contribution in [0.2, 0.25) is 0 Å². The molecule has 1 aromatic rings. The second-order valence-corrected chi connectivity index (χ2v) is 9.19. The number of hydrogen-bond acceptors (Lipinski definition) is 4. The topological polar surface area (TPSA) is 66.5 Å². The maximum absolute atomic E-state index is 12.9. The van der Waals surface area contributed by atoms with Gasteiger partial charge in [0, 0.05) is 13.1 Å². The predicted molar refractivity (Wildman–Crippen MR) is 95.9 cm³/mol. The van der Waals surface area contributed by atoms with Gasteiger partial charge in [-0.1, -0.05) is 12.1 Å². The highest BCUT2D eigenvalue weighted by atomic mass is 32.2. The summed E-state index contributed by atoms with van der Waals surface area (Å²) in [5.74, 6) is 0.470. The van der Waals surface area contributed by atoms with E-state index in [9.17, 15) is 13.2 Å². The Balaban J connectivity index is 2.15. The van der Waals surface area contributed by atoms with Crippen LogP contribution in [0, 0.1) is 5.92 Å². The maximum atomic E-state index is 12.9. The fraction of sp³-hybridized carbons (Fsp3) is 0.611. The third-order valence-corrected chi connectivity index (χ3v) is 6.96. The summed E-state index contributed by atoms with van der Waals surface area (Å²) in [6.45, 7) is 5.67. The molecule has 1 aromatic carbocycles. The predicted octanol–water partition coefficient (Wildman–Crippen LogP) is 2.33. The van der Waals surface area contributed by atoms with Crippen molar-refractivity contribution in [2.75, 3.05) is 26.7 Å². The van der Waals surface area contributed by atoms with Gasteiger partial charge in [-0.05, 0) is 64.8 Å². The Labute approximate surface area is 145 Å². The van der Waals surface area contributed by atoms with E-state index in [-0.39, 0.29) is 10.8 Å². The molecule has 24 heavy (non-hydrogen) atoms. The van der Waals surface area contributed by atoms with E-state index in [1.54, 1.807) is 43.0 Å². The minimum absolute atomic E-state index is 0.155. The first kappa shape index (κ1) is 18.9. The Kier molecular flexibility index (Phi) is 6.40. The fourth-order valence-corrected chi connectivity index (χ4v) is 4.33. The van der Waals surface area contributed by atoms with Crippen molar-refractivity contribution in [3.63, 3.8) is 0 Å². The summed E-state index contributed by atoms with van der Waals surface area (Å²) >= 11 is 0. The molecule has 0 spiro atoms. The number of hydrogen-bond donors (Lipinski definition) is 1. The highest BCUT2D eigenvalue weighted by Gasteiger charge is 2.29. The number of nitrogens with zero attached hydrogens (tertiary/aromatic N) is 1. The van der Waals surface area contributed by atoms with E-state index in [4.69, 9.17) is 0 Å². The van der Waals surface area contributed by atoms with Crippen molar-refractivity contribution in [2.45, 2.75) is 43.3 Å². The molecular formula is C18H28N2O3S. The summed E-state index contributed by atoms with van der Waals surface area (Å²) < 4.78 is 25.1. The standard InChI is InChI=1S/C18H28N2O3S/c1-14(2)24(22,23)17-7-5-4-6-16(17)18(21)20-12-9-15(10-13-20)8-11-19-3/h4-7,14-15,19H,8-13H2,1-3H3. The van der Waals surface area contributed by atoms with E-state index in [0.29, 0.717) is 24.6 Å². The van der Waals surface area contributed by atoms with Crippen LogP contribution in [-0.2, 0) is 9.84 Å². The minimum atomic E-state index is -3.47. The van der Waals surface area contributed by atoms with E-state index in [1.165, 1.54) is 0 Å². The van der Waals surface area contributed by atoms with Crippen molar-refractivity contribution >= 4 is 15.7 Å². The third kappa shape index (κ3) is 4.16. The van der Waals surface area contributed by atoms with Crippen LogP contribution < -0.4 is 5.32 Å². The molecule has 0 aromatic heterocycles. The average Bonchev–Trinajstić information content (AvgIpc) is 2.59. The molecule has 1 amide bonds. The fourth-order valence-electron chi connectivity index (χ4n) is 3.09. The molecule has 134 valence electrons. The number of nitrogens with one attached hydrogen (secondary N) is 1. The second kappa shape index (κ2) is 8.12. The highest BCUT2D eigenvalue weighted by Crippen LogP contribution is 2.25. The van der Waals surface area contributed by atoms with Gasteiger partial charge >= 0.3 is 0 Å². The van der Waals surface area contributed by atoms with Gasteiger partial charge in [-0.3, -0.25) is 4.79 Å². The molecule has 1 saturated heterocycles. The molecule has 0 saturated carbocycles. The zero-order valence-corrected chi connectivity index (χ0v) is 15.6. The average molecular weight is 353 g/mol. The molecule has 1 fully saturated rings. The molecule has 0 radical (unpaired) electrons. The van der Waals surface area contributed by atoms with Gasteiger partial charge in [0.05, 0.1) is 15.7 Å². The molecule has 1 aliphatic rings. The van der Waals surface area contributed by atoms with E-state index < -0.39 is 15.1 Å². The van der Waals surface area contributed by atoms with Gasteiger partial charge in [-0.15, -0.1) is 0 Å². The molecule has 1 heterocycles. The molecule has 0 aliphatic carbocycles. The molecule has 2 rings (SSSR count). The van der Waals surface area contributed by atoms with Crippen LogP contribution >= 0.6 is 0 Å². The van der Waals surface area contributed by atoms with Gasteiger partial charge in [-0.25, -0.2) is 8.42 Å². The van der Waals surface area contributed by atoms with Gasteiger partial charge in [-0.2, -0.15) is 0 Å². The second-order valence-electron chi connectivity index (χ2n) is 6.72. The summed E-state index contributed by atoms with van der Waals surface area (Å²) in [6, 6.07) is 6.58. The Hall–Kier alpha value is -1.40. The summed E-state index contributed by atoms with van der Waals surface area (Å²) in [7, 11) is -1.52. The van der Waals surface area contributed by atoms with Crippen molar-refractivity contribution in [3.8, 4) is 0 Å². The van der Waals surface area contributed by atoms with Crippen LogP contribution in [0.1, 0.15) is 43.5 Å². The van der Waals surface area contributed by atoms with E-state index >= 15 is 0 Å². The van der Waals surface area contributed by atoms with Crippen LogP contribution in [0.5, 0.6) is 0 Å². The first-order valence-electron chi connectivity index (χ1n) is 8.64. The Morgan fingerprint density at radius 3 is 2.46 bits per heavy atom. The summed E-state index contributed by atoms with van der Waals surface area (Å²) in [4.78, 5) is 14.8. The Morgan fingerprint density at radius 2 is 1.88 bits per heavy atom. The largest absolute Gasteiger partial charge is 0.339 e. The number of amides is 1. The maximum Gasteiger partial charge on any atom is 0.255 e. The van der Waals surface area contributed by atoms with Crippen molar-refractivity contribution in [1.29, 1.82) is 0 Å². The monoisotopic (exact) mass is 352 g/mol. The quantitative estimate of drug-likeness (QED) is 0.853. The van der Waals surface area contributed by atoms with Gasteiger partial charge in [0.1, 0.15) is 0 Å². The van der Waals surface area contributed by atoms with E-state index in [0.717, 1.165) is 25.8 Å². The molecule has 5 nitrogen and oxygen atoms in total. The number of benzene rings is 1. The minimum Gasteiger partial charge on any atom is -0.339 e. The summed E-state index contributed by atoms with van der Waals surface area (Å²) in [5.41, 5.74) is 0.305. The summed E-state index contributed by atoms with van der Waals surface area (Å²) in [5, 5.41) is 2.62. The molecule has 0 atom stereocenters. The van der Waals surface area contributed by atoms with Crippen LogP contribution in [0.15, 0.2) is 29.2 Å². The van der Waals surface area contributed by atoms with Crippen LogP contribution in [0.25, 0.3) is 0 Å². The number of carbonyl (C=O) groups excluding carboxylic acids is 1. The zero-order valence-electron chi connectivity index (χ0n) is 14.8. The molecule has 6 heteroatoms. The van der Waals surface area contributed by atoms with Crippen LogP contribution in [0.3, 0.4) is 0 Å². The van der Waals surface area contributed by atoms with E-state index in [2.05, 4.69) is 5.32 Å². The number of piperidine rings is 1. The SMILES string of the molecule is CNCCC1CCN(C(=O)c2ccccc2S(=O)(=O)C(C)C)CC1. The lowest BCUT2D eigenvalue weighted by molar-refractivity contribution is 0.0683. The first-order chi connectivity index (χ1) is 11.4. The van der Waals surface area contributed by atoms with Gasteiger partial charge < -0.3 is 10.2 Å². The van der Waals surface area contributed by atoms with Gasteiger partial charge in [0.25, 0.3) is 5.91 Å². The number of carbonyl (C=O) groups is 1.